The molecule has 0 heterocycles. The summed E-state index contributed by atoms with van der Waals surface area (Å²) in [6, 6.07) is 12.3. The van der Waals surface area contributed by atoms with Gasteiger partial charge in [0.1, 0.15) is 10.6 Å². The van der Waals surface area contributed by atoms with E-state index in [2.05, 4.69) is 25.0 Å². The highest BCUT2D eigenvalue weighted by molar-refractivity contribution is 7.91. The average molecular weight is 773 g/mol. The first kappa shape index (κ1) is 37.9. The zero-order valence-electron chi connectivity index (χ0n) is 25.1. The predicted octanol–water partition coefficient (Wildman–Crippen LogP) is 3.26. The highest BCUT2D eigenvalue weighted by atomic mass is 32.3. The Kier molecular flexibility index (Phi) is 10.7. The molecule has 2 amide bonds. The number of hydrogen-bond acceptors (Lipinski definition) is 14. The Hall–Kier alpha value is -4.88. The lowest BCUT2D eigenvalue weighted by Gasteiger charge is -2.14. The summed E-state index contributed by atoms with van der Waals surface area (Å²) in [6.07, 6.45) is 0. The first-order valence-corrected chi connectivity index (χ1v) is 19.3. The molecule has 0 fully saturated rings. The molecular weight excluding hydrogens is 749 g/mol. The lowest BCUT2D eigenvalue weighted by molar-refractivity contribution is -0.114. The number of nitrogens with zero attached hydrogens (tertiary/aromatic N) is 2. The summed E-state index contributed by atoms with van der Waals surface area (Å²) in [7, 11) is -19.0. The summed E-state index contributed by atoms with van der Waals surface area (Å²) < 4.78 is 126. The van der Waals surface area contributed by atoms with Gasteiger partial charge >= 0.3 is 10.4 Å². The van der Waals surface area contributed by atoms with Crippen molar-refractivity contribution >= 4 is 85.8 Å². The normalized spacial score (nSPS) is 12.6. The van der Waals surface area contributed by atoms with Crippen LogP contribution in [-0.4, -0.2) is 76.6 Å². The van der Waals surface area contributed by atoms with Gasteiger partial charge < -0.3 is 15.7 Å². The molecule has 0 saturated carbocycles. The fraction of sp³-hybridized carbons (Fsp3) is 0.111. The van der Waals surface area contributed by atoms with Crippen molar-refractivity contribution in [2.75, 3.05) is 23.0 Å². The SMILES string of the molecule is CC(=O)Nc1cc(S(=O)(=O)O)cc2cc(S(=O)(=O)O)c(N=Nc3ccc(C(=O)Nc4cccc(S(=O)(=O)CCOS(=O)(=O)O)c4)cc3)c(O)c12. The largest absolute Gasteiger partial charge is 0.505 e. The number of carbonyl (C=O) groups is 2. The number of azo groups is 1. The minimum Gasteiger partial charge on any atom is -0.505 e. The number of rotatable bonds is 12. The van der Waals surface area contributed by atoms with Gasteiger partial charge in [0.2, 0.25) is 5.91 Å². The number of anilines is 2. The van der Waals surface area contributed by atoms with Gasteiger partial charge in [0.25, 0.3) is 26.1 Å². The van der Waals surface area contributed by atoms with Gasteiger partial charge in [-0.25, -0.2) is 12.6 Å². The molecule has 0 aliphatic rings. The maximum Gasteiger partial charge on any atom is 0.397 e. The number of benzene rings is 4. The van der Waals surface area contributed by atoms with Gasteiger partial charge in [-0.15, -0.1) is 5.11 Å². The number of hydrogen-bond donors (Lipinski definition) is 6. The second-order valence-electron chi connectivity index (χ2n) is 10.1. The lowest BCUT2D eigenvalue weighted by atomic mass is 10.1. The molecule has 4 rings (SSSR count). The second kappa shape index (κ2) is 14.2. The highest BCUT2D eigenvalue weighted by Gasteiger charge is 2.26. The van der Waals surface area contributed by atoms with Crippen LogP contribution in [0.15, 0.2) is 91.6 Å². The van der Waals surface area contributed by atoms with E-state index in [0.29, 0.717) is 0 Å². The van der Waals surface area contributed by atoms with Crippen molar-refractivity contribution in [1.82, 2.24) is 0 Å². The third-order valence-corrected chi connectivity index (χ3v) is 10.3. The molecule has 0 aromatic heterocycles. The molecule has 0 bridgehead atoms. The first-order valence-electron chi connectivity index (χ1n) is 13.4. The number of phenols is 1. The minimum absolute atomic E-state index is 0.00801. The zero-order valence-corrected chi connectivity index (χ0v) is 28.3. The molecule has 19 nitrogen and oxygen atoms in total. The highest BCUT2D eigenvalue weighted by Crippen LogP contribution is 2.45. The van der Waals surface area contributed by atoms with Crippen LogP contribution >= 0.6 is 0 Å². The van der Waals surface area contributed by atoms with Crippen molar-refractivity contribution < 1.29 is 66.2 Å². The molecule has 266 valence electrons. The topological polar surface area (TPSA) is 310 Å². The van der Waals surface area contributed by atoms with Crippen LogP contribution in [0.1, 0.15) is 17.3 Å². The Labute approximate surface area is 284 Å². The molecule has 0 aliphatic carbocycles. The van der Waals surface area contributed by atoms with Crippen molar-refractivity contribution in [1.29, 1.82) is 0 Å². The van der Waals surface area contributed by atoms with Crippen LogP contribution in [0.5, 0.6) is 5.75 Å². The summed E-state index contributed by atoms with van der Waals surface area (Å²) in [5.74, 6) is -3.19. The van der Waals surface area contributed by atoms with E-state index in [1.165, 1.54) is 42.5 Å². The van der Waals surface area contributed by atoms with Crippen LogP contribution < -0.4 is 10.6 Å². The maximum absolute atomic E-state index is 12.8. The second-order valence-corrected chi connectivity index (χ2v) is 16.1. The standard InChI is InChI=1S/C27H24N4O15S4/c1-15(32)28-22-14-21(48(37,38)39)11-17-12-23(49(40,41)42)25(26(33)24(17)22)31-30-18-7-5-16(6-8-18)27(34)29-19-3-2-4-20(13-19)47(35,36)10-9-46-50(43,44)45/h2-8,11-14,33H,9-10H2,1H3,(H,28,32)(H,29,34)(H,37,38,39)(H,40,41,42)(H,43,44,45). The van der Waals surface area contributed by atoms with Gasteiger partial charge in [-0.1, -0.05) is 6.07 Å². The Bertz CT molecular complexity index is 2500. The molecule has 0 unspecified atom stereocenters. The van der Waals surface area contributed by atoms with Crippen LogP contribution in [-0.2, 0) is 49.5 Å². The van der Waals surface area contributed by atoms with Gasteiger partial charge in [-0.3, -0.25) is 23.2 Å². The quantitative estimate of drug-likeness (QED) is 0.0889. The zero-order chi connectivity index (χ0) is 37.2. The van der Waals surface area contributed by atoms with Crippen molar-refractivity contribution in [2.45, 2.75) is 21.6 Å². The number of fused-ring (bicyclic) bond motifs is 1. The molecule has 23 heteroatoms. The van der Waals surface area contributed by atoms with E-state index in [1.807, 2.05) is 0 Å². The number of aromatic hydroxyl groups is 1. The van der Waals surface area contributed by atoms with Gasteiger partial charge in [-0.05, 0) is 66.0 Å². The molecule has 4 aromatic rings. The van der Waals surface area contributed by atoms with E-state index in [0.717, 1.165) is 31.2 Å². The van der Waals surface area contributed by atoms with Crippen molar-refractivity contribution in [3.8, 4) is 5.75 Å². The Balaban J connectivity index is 1.62. The van der Waals surface area contributed by atoms with Gasteiger partial charge in [0.05, 0.1) is 33.5 Å². The molecular formula is C27H24N4O15S4. The van der Waals surface area contributed by atoms with E-state index in [1.54, 1.807) is 0 Å². The van der Waals surface area contributed by atoms with Gasteiger partial charge in [0.15, 0.2) is 15.6 Å². The molecule has 4 aromatic carbocycles. The van der Waals surface area contributed by atoms with Gasteiger partial charge in [-0.2, -0.15) is 30.4 Å². The summed E-state index contributed by atoms with van der Waals surface area (Å²) in [4.78, 5) is 22.5. The lowest BCUT2D eigenvalue weighted by Crippen LogP contribution is -2.16. The minimum atomic E-state index is -5.15. The average Bonchev–Trinajstić information content (AvgIpc) is 2.98. The van der Waals surface area contributed by atoms with Crippen LogP contribution in [0.4, 0.5) is 22.7 Å². The molecule has 0 aliphatic heterocycles. The molecule has 6 N–H and O–H groups in total. The number of amides is 2. The summed E-state index contributed by atoms with van der Waals surface area (Å²) >= 11 is 0. The van der Waals surface area contributed by atoms with E-state index < -0.39 is 85.9 Å². The van der Waals surface area contributed by atoms with Crippen LogP contribution in [0, 0.1) is 0 Å². The fourth-order valence-corrected chi connectivity index (χ4v) is 7.05. The third kappa shape index (κ3) is 9.42. The number of nitrogens with one attached hydrogen (secondary N) is 2. The monoisotopic (exact) mass is 772 g/mol. The van der Waals surface area contributed by atoms with Crippen LogP contribution in [0.25, 0.3) is 10.8 Å². The molecule has 0 spiro atoms. The summed E-state index contributed by atoms with van der Waals surface area (Å²) in [5.41, 5.74) is -1.11. The van der Waals surface area contributed by atoms with E-state index in [-0.39, 0.29) is 38.3 Å². The Morgan fingerprint density at radius 1 is 0.780 bits per heavy atom. The van der Waals surface area contributed by atoms with Gasteiger partial charge in [0, 0.05) is 23.6 Å². The number of sulfone groups is 1. The smallest absolute Gasteiger partial charge is 0.397 e. The van der Waals surface area contributed by atoms with E-state index in [4.69, 9.17) is 4.55 Å². The maximum atomic E-state index is 12.8. The van der Waals surface area contributed by atoms with E-state index in [9.17, 15) is 57.5 Å². The number of phenolic OH excluding ortho intramolecular Hbond substituents is 1. The predicted molar refractivity (Wildman–Crippen MR) is 174 cm³/mol. The molecule has 0 atom stereocenters. The first-order chi connectivity index (χ1) is 23.0. The van der Waals surface area contributed by atoms with Crippen LogP contribution in [0.2, 0.25) is 0 Å². The van der Waals surface area contributed by atoms with Crippen molar-refractivity contribution in [3.05, 3.63) is 72.3 Å². The third-order valence-electron chi connectivity index (χ3n) is 6.44. The van der Waals surface area contributed by atoms with Crippen molar-refractivity contribution in [2.24, 2.45) is 10.2 Å². The van der Waals surface area contributed by atoms with Crippen molar-refractivity contribution in [3.63, 3.8) is 0 Å². The van der Waals surface area contributed by atoms with Crippen LogP contribution in [0.3, 0.4) is 0 Å². The fourth-order valence-electron chi connectivity index (χ4n) is 4.31. The molecule has 0 radical (unpaired) electrons. The summed E-state index contributed by atoms with van der Waals surface area (Å²) in [5, 5.41) is 22.7. The Morgan fingerprint density at radius 3 is 2.02 bits per heavy atom. The molecule has 50 heavy (non-hydrogen) atoms. The Morgan fingerprint density at radius 2 is 1.44 bits per heavy atom. The number of carbonyl (C=O) groups excluding carboxylic acids is 2. The molecule has 0 saturated heterocycles. The van der Waals surface area contributed by atoms with E-state index >= 15 is 0 Å². The summed E-state index contributed by atoms with van der Waals surface area (Å²) in [6.45, 7) is 0.201.